The highest BCUT2D eigenvalue weighted by atomic mass is 16.8. The van der Waals surface area contributed by atoms with Crippen LogP contribution in [-0.2, 0) is 44.4 Å². The highest BCUT2D eigenvalue weighted by Crippen LogP contribution is 2.69. The molecule has 10 atom stereocenters. The van der Waals surface area contributed by atoms with Gasteiger partial charge in [-0.3, -0.25) is 9.59 Å². The fraction of sp³-hybridized carbons (Fsp3) is 0.552. The zero-order valence-electron chi connectivity index (χ0n) is 44.4. The molecule has 5 aliphatic heterocycles. The number of fused-ring (bicyclic) bond motifs is 3. The number of esters is 2. The Morgan fingerprint density at radius 3 is 2.32 bits per heavy atom. The van der Waals surface area contributed by atoms with Gasteiger partial charge in [-0.25, -0.2) is 9.59 Å². The molecule has 3 aliphatic carbocycles. The van der Waals surface area contributed by atoms with E-state index in [9.17, 15) is 19.8 Å². The summed E-state index contributed by atoms with van der Waals surface area (Å²) in [5, 5.41) is 31.0. The second-order valence-corrected chi connectivity index (χ2v) is 22.3. The number of aliphatic hydroxyl groups excluding tert-OH is 3. The zero-order valence-corrected chi connectivity index (χ0v) is 44.4. The number of ether oxygens (including phenoxy) is 10. The lowest BCUT2D eigenvalue weighted by molar-refractivity contribution is -0.373. The van der Waals surface area contributed by atoms with E-state index < -0.39 is 88.5 Å². The van der Waals surface area contributed by atoms with Crippen molar-refractivity contribution in [3.05, 3.63) is 99.2 Å². The highest BCUT2D eigenvalue weighted by molar-refractivity contribution is 6.19. The van der Waals surface area contributed by atoms with Crippen molar-refractivity contribution in [1.82, 2.24) is 0 Å². The van der Waals surface area contributed by atoms with Crippen LogP contribution in [0.5, 0.6) is 23.0 Å². The van der Waals surface area contributed by atoms with E-state index in [2.05, 4.69) is 6.08 Å². The Morgan fingerprint density at radius 2 is 1.61 bits per heavy atom. The average molecular weight is 1040 g/mol. The van der Waals surface area contributed by atoms with Gasteiger partial charge in [-0.1, -0.05) is 35.5 Å². The molecule has 404 valence electrons. The Hall–Kier alpha value is -5.50. The van der Waals surface area contributed by atoms with Gasteiger partial charge in [-0.05, 0) is 131 Å². The van der Waals surface area contributed by atoms with Gasteiger partial charge in [0.05, 0.1) is 43.2 Å². The largest absolute Gasteiger partial charge is 0.482 e. The fourth-order valence-electron chi connectivity index (χ4n) is 11.6. The molecule has 17 heteroatoms. The molecule has 5 unspecified atom stereocenters. The van der Waals surface area contributed by atoms with Gasteiger partial charge in [-0.15, -0.1) is 0 Å². The van der Waals surface area contributed by atoms with E-state index in [1.807, 2.05) is 66.7 Å². The van der Waals surface area contributed by atoms with Crippen LogP contribution in [0.3, 0.4) is 0 Å². The Morgan fingerprint density at radius 1 is 0.880 bits per heavy atom. The predicted octanol–water partition coefficient (Wildman–Crippen LogP) is 7.20. The van der Waals surface area contributed by atoms with Crippen molar-refractivity contribution in [1.29, 1.82) is 0 Å². The molecular formula is C58H70O17. The van der Waals surface area contributed by atoms with Gasteiger partial charge in [0, 0.05) is 35.0 Å². The Balaban J connectivity index is 1.11. The predicted molar refractivity (Wildman–Crippen MR) is 271 cm³/mol. The number of Topliss-reactive ketones (excluding diaryl/α,β-unsaturated/α-hetero) is 2. The number of carbonyl (C=O) groups is 4. The second kappa shape index (κ2) is 20.5. The summed E-state index contributed by atoms with van der Waals surface area (Å²) in [4.78, 5) is 58.8. The minimum atomic E-state index is -1.77. The first-order valence-electron chi connectivity index (χ1n) is 25.9. The van der Waals surface area contributed by atoms with Gasteiger partial charge in [0.15, 0.2) is 34.3 Å². The molecule has 4 fully saturated rings. The smallest absolute Gasteiger partial charge is 0.343 e. The molecule has 5 heterocycles. The van der Waals surface area contributed by atoms with Gasteiger partial charge < -0.3 is 62.7 Å². The van der Waals surface area contributed by atoms with Crippen LogP contribution in [0.1, 0.15) is 127 Å². The molecule has 3 saturated heterocycles. The summed E-state index contributed by atoms with van der Waals surface area (Å²) in [5.41, 5.74) is -1.82. The van der Waals surface area contributed by atoms with Gasteiger partial charge in [0.1, 0.15) is 59.4 Å². The number of hydrogen-bond acceptors (Lipinski definition) is 17. The van der Waals surface area contributed by atoms with Crippen LogP contribution in [0.4, 0.5) is 0 Å². The maximum Gasteiger partial charge on any atom is 0.343 e. The molecule has 4 bridgehead atoms. The normalized spacial score (nSPS) is 31.3. The van der Waals surface area contributed by atoms with E-state index in [-0.39, 0.29) is 91.2 Å². The molecule has 10 rings (SSSR count). The number of carbonyl (C=O) groups excluding carboxylic acids is 4. The first kappa shape index (κ1) is 54.3. The number of aliphatic hydroxyl groups is 3. The van der Waals surface area contributed by atoms with Crippen molar-refractivity contribution >= 4 is 29.6 Å². The van der Waals surface area contributed by atoms with Crippen molar-refractivity contribution in [3.63, 3.8) is 0 Å². The average Bonchev–Trinajstić information content (AvgIpc) is 3.55. The molecule has 1 spiro atoms. The minimum Gasteiger partial charge on any atom is -0.482 e. The van der Waals surface area contributed by atoms with Crippen LogP contribution in [0.15, 0.2) is 76.9 Å². The lowest BCUT2D eigenvalue weighted by atomic mass is 9.51. The molecular weight excluding hydrogens is 969 g/mol. The number of benzene rings is 2. The number of hydrogen-bond donors (Lipinski definition) is 3. The summed E-state index contributed by atoms with van der Waals surface area (Å²) in [6, 6.07) is 5.93. The van der Waals surface area contributed by atoms with Crippen molar-refractivity contribution < 1.29 is 81.9 Å². The Bertz CT molecular complexity index is 2770. The van der Waals surface area contributed by atoms with Gasteiger partial charge in [0.2, 0.25) is 6.29 Å². The van der Waals surface area contributed by atoms with Crippen LogP contribution in [0.25, 0.3) is 6.08 Å². The Kier molecular flexibility index (Phi) is 14.8. The maximum absolute atomic E-state index is 15.9. The van der Waals surface area contributed by atoms with Crippen LogP contribution >= 0.6 is 0 Å². The highest BCUT2D eigenvalue weighted by Gasteiger charge is 2.81. The van der Waals surface area contributed by atoms with E-state index in [4.69, 9.17) is 52.5 Å². The monoisotopic (exact) mass is 1040 g/mol. The van der Waals surface area contributed by atoms with Crippen molar-refractivity contribution in [2.24, 2.45) is 11.8 Å². The molecule has 2 aromatic carbocycles. The molecule has 75 heavy (non-hydrogen) atoms. The van der Waals surface area contributed by atoms with Crippen molar-refractivity contribution in [2.75, 3.05) is 33.0 Å². The summed E-state index contributed by atoms with van der Waals surface area (Å²) >= 11 is 0. The lowest BCUT2D eigenvalue weighted by Gasteiger charge is -2.56. The summed E-state index contributed by atoms with van der Waals surface area (Å²) < 4.78 is 62.2. The second-order valence-electron chi connectivity index (χ2n) is 22.3. The zero-order chi connectivity index (χ0) is 54.0. The summed E-state index contributed by atoms with van der Waals surface area (Å²) in [6.45, 7) is 18.8. The third kappa shape index (κ3) is 9.84. The molecule has 2 aromatic rings. The van der Waals surface area contributed by atoms with Crippen molar-refractivity contribution in [3.8, 4) is 23.0 Å². The standard InChI is InChI=1S/C58H70O17/c1-31(2)12-11-21-56(10)22-20-38-46(73-56)37(18-13-32(3)4)48-42(47(38)71-52(65)34-14-16-36(17-15-34)69-53-45(62)44(61)49-40(70-53)30-68-55(8,9)72-49)43(60)39-28-35-29-41-54(6,7)75-57(50(35)63,58(39,41)74-48)23-19-33(5)51(64)67-27-26-66-25-24-59/h12-17,19-20,22,28,35,40-41,44-45,49,53,59,61-62H,11,18,21,23-27,29-30H2,1-10H3/t35?,40-,41?,44+,45-,49-,53-,56?,57?,58?/m1/s1. The van der Waals surface area contributed by atoms with E-state index in [1.54, 1.807) is 32.9 Å². The van der Waals surface area contributed by atoms with Gasteiger partial charge in [0.25, 0.3) is 0 Å². The quantitative estimate of drug-likeness (QED) is 0.0469. The van der Waals surface area contributed by atoms with Crippen LogP contribution in [0, 0.1) is 11.8 Å². The number of rotatable bonds is 17. The SMILES string of the molecule is CC(C)=CCCC1(C)C=Cc2c(c(CC=C(C)C)c3c(c2OC(=O)c2ccc(O[C@@H]4O[C@@H]5COC(C)(C)O[C@H]5[C@@H](O)[C@H]4O)cc2)C(=O)C2=CC4CC5C(C)(C)OC(CC=C(C)C(=O)OCCOCCO)(C4=O)C25O3)O1. The molecule has 17 nitrogen and oxygen atoms in total. The van der Waals surface area contributed by atoms with Gasteiger partial charge >= 0.3 is 11.9 Å². The van der Waals surface area contributed by atoms with E-state index in [1.165, 1.54) is 24.3 Å². The van der Waals surface area contributed by atoms with E-state index >= 15 is 9.59 Å². The first-order valence-corrected chi connectivity index (χ1v) is 25.9. The topological polar surface area (TPSA) is 221 Å². The minimum absolute atomic E-state index is 0.0112. The van der Waals surface area contributed by atoms with E-state index in [0.29, 0.717) is 36.1 Å². The molecule has 3 N–H and O–H groups in total. The van der Waals surface area contributed by atoms with Crippen LogP contribution in [-0.4, -0.2) is 131 Å². The number of allylic oxidation sites excluding steroid dienone is 5. The van der Waals surface area contributed by atoms with Crippen molar-refractivity contribution in [2.45, 2.75) is 160 Å². The van der Waals surface area contributed by atoms with Crippen LogP contribution in [0.2, 0.25) is 0 Å². The first-order chi connectivity index (χ1) is 35.4. The summed E-state index contributed by atoms with van der Waals surface area (Å²) in [6.07, 6.45) is 7.22. The van der Waals surface area contributed by atoms with Gasteiger partial charge in [-0.2, -0.15) is 0 Å². The molecule has 8 aliphatic rings. The molecule has 0 amide bonds. The maximum atomic E-state index is 15.9. The third-order valence-corrected chi connectivity index (χ3v) is 15.3. The molecule has 1 saturated carbocycles. The fourth-order valence-corrected chi connectivity index (χ4v) is 11.6. The lowest BCUT2D eigenvalue weighted by Crippen LogP contribution is -2.72. The molecule has 0 radical (unpaired) electrons. The Labute approximate surface area is 437 Å². The number of ketones is 2. The molecule has 0 aromatic heterocycles. The summed E-state index contributed by atoms with van der Waals surface area (Å²) in [5.74, 6) is -3.90. The third-order valence-electron chi connectivity index (χ3n) is 15.3. The summed E-state index contributed by atoms with van der Waals surface area (Å²) in [7, 11) is 0. The van der Waals surface area contributed by atoms with Crippen LogP contribution < -0.4 is 18.9 Å². The van der Waals surface area contributed by atoms with E-state index in [0.717, 1.165) is 11.1 Å².